The van der Waals surface area contributed by atoms with Gasteiger partial charge in [-0.3, -0.25) is 14.6 Å². The molecule has 1 fully saturated rings. The molecular weight excluding hydrogens is 346 g/mol. The van der Waals surface area contributed by atoms with E-state index in [4.69, 9.17) is 4.84 Å². The van der Waals surface area contributed by atoms with Crippen molar-refractivity contribution >= 4 is 23.5 Å². The molecular formula is C20H19N3O4. The van der Waals surface area contributed by atoms with Crippen LogP contribution >= 0.6 is 0 Å². The van der Waals surface area contributed by atoms with Crippen LogP contribution in [0.15, 0.2) is 48.8 Å². The average molecular weight is 365 g/mol. The van der Waals surface area contributed by atoms with Gasteiger partial charge in [0.1, 0.15) is 0 Å². The van der Waals surface area contributed by atoms with Gasteiger partial charge in [-0.25, -0.2) is 4.79 Å². The van der Waals surface area contributed by atoms with E-state index in [2.05, 4.69) is 9.88 Å². The molecule has 1 aromatic heterocycles. The van der Waals surface area contributed by atoms with E-state index in [9.17, 15) is 14.4 Å². The zero-order valence-corrected chi connectivity index (χ0v) is 14.7. The van der Waals surface area contributed by atoms with Gasteiger partial charge in [-0.15, -0.1) is 0 Å². The van der Waals surface area contributed by atoms with Crippen molar-refractivity contribution < 1.29 is 19.2 Å². The summed E-state index contributed by atoms with van der Waals surface area (Å²) < 4.78 is 0. The van der Waals surface area contributed by atoms with E-state index < -0.39 is 17.8 Å². The topological polar surface area (TPSA) is 79.8 Å². The summed E-state index contributed by atoms with van der Waals surface area (Å²) in [7, 11) is 0. The van der Waals surface area contributed by atoms with Crippen LogP contribution in [0, 0.1) is 0 Å². The summed E-state index contributed by atoms with van der Waals surface area (Å²) >= 11 is 0. The number of hydroxylamine groups is 2. The Hall–Kier alpha value is -3.22. The third-order valence-corrected chi connectivity index (χ3v) is 4.97. The summed E-state index contributed by atoms with van der Waals surface area (Å²) in [6, 6.07) is 10.2. The van der Waals surface area contributed by atoms with Crippen LogP contribution in [0.3, 0.4) is 0 Å². The normalized spacial score (nSPS) is 19.2. The Bertz CT molecular complexity index is 849. The molecule has 2 aromatic rings. The Labute approximate surface area is 156 Å². The first-order valence-corrected chi connectivity index (χ1v) is 9.00. The largest absolute Gasteiger partial charge is 0.368 e. The lowest BCUT2D eigenvalue weighted by Crippen LogP contribution is -2.42. The first-order valence-electron chi connectivity index (χ1n) is 9.00. The second-order valence-electron chi connectivity index (χ2n) is 6.67. The van der Waals surface area contributed by atoms with E-state index >= 15 is 0 Å². The van der Waals surface area contributed by atoms with Gasteiger partial charge in [-0.1, -0.05) is 17.2 Å². The standard InChI is InChI=1S/C20H19N3O4/c24-18(27-23-19(25)16-6-1-2-7-17(16)20(23)26)13-15-5-3-4-12-22(15)14-8-10-21-11-9-14/h1-2,6-11,15H,3-5,12-13H2. The van der Waals surface area contributed by atoms with Gasteiger partial charge >= 0.3 is 5.97 Å². The molecule has 1 unspecified atom stereocenters. The number of pyridine rings is 1. The number of hydrogen-bond acceptors (Lipinski definition) is 6. The minimum absolute atomic E-state index is 0.0381. The molecule has 7 heteroatoms. The quantitative estimate of drug-likeness (QED) is 0.775. The Balaban J connectivity index is 1.45. The van der Waals surface area contributed by atoms with Crippen molar-refractivity contribution in [2.45, 2.75) is 31.7 Å². The zero-order chi connectivity index (χ0) is 18.8. The number of benzene rings is 1. The maximum absolute atomic E-state index is 12.5. The molecule has 0 N–H and O–H groups in total. The molecule has 4 rings (SSSR count). The maximum atomic E-state index is 12.5. The van der Waals surface area contributed by atoms with Gasteiger partial charge in [-0.05, 0) is 43.5 Å². The Morgan fingerprint density at radius 3 is 2.37 bits per heavy atom. The Morgan fingerprint density at radius 2 is 1.70 bits per heavy atom. The first-order chi connectivity index (χ1) is 13.1. The summed E-state index contributed by atoms with van der Waals surface area (Å²) in [5, 5.41) is 0.576. The molecule has 1 atom stereocenters. The minimum atomic E-state index is -0.599. The first kappa shape index (κ1) is 17.2. The molecule has 0 radical (unpaired) electrons. The van der Waals surface area contributed by atoms with Crippen molar-refractivity contribution in [3.8, 4) is 0 Å². The summed E-state index contributed by atoms with van der Waals surface area (Å²) in [6.07, 6.45) is 6.46. The molecule has 3 heterocycles. The number of amides is 2. The molecule has 1 aromatic carbocycles. The van der Waals surface area contributed by atoms with Crippen LogP contribution < -0.4 is 4.90 Å². The highest BCUT2D eigenvalue weighted by molar-refractivity contribution is 6.20. The van der Waals surface area contributed by atoms with Crippen LogP contribution in [0.2, 0.25) is 0 Å². The molecule has 0 bridgehead atoms. The number of carbonyl (C=O) groups is 3. The van der Waals surface area contributed by atoms with Gasteiger partial charge < -0.3 is 9.74 Å². The number of rotatable bonds is 4. The van der Waals surface area contributed by atoms with Crippen LogP contribution in [0.25, 0.3) is 0 Å². The highest BCUT2D eigenvalue weighted by Gasteiger charge is 2.39. The van der Waals surface area contributed by atoms with Crippen LogP contribution in [0.1, 0.15) is 46.4 Å². The summed E-state index contributed by atoms with van der Waals surface area (Å²) in [4.78, 5) is 48.5. The van der Waals surface area contributed by atoms with E-state index in [-0.39, 0.29) is 23.6 Å². The number of nitrogens with zero attached hydrogens (tertiary/aromatic N) is 3. The van der Waals surface area contributed by atoms with Gasteiger partial charge in [0.2, 0.25) is 0 Å². The molecule has 2 amide bonds. The Kier molecular flexibility index (Phi) is 4.58. The van der Waals surface area contributed by atoms with Crippen molar-refractivity contribution in [1.29, 1.82) is 0 Å². The molecule has 138 valence electrons. The number of hydrogen-bond donors (Lipinski definition) is 0. The molecule has 0 aliphatic carbocycles. The Morgan fingerprint density at radius 1 is 1.04 bits per heavy atom. The fraction of sp³-hybridized carbons (Fsp3) is 0.300. The smallest absolute Gasteiger partial charge is 0.335 e. The van der Waals surface area contributed by atoms with E-state index in [0.29, 0.717) is 5.06 Å². The van der Waals surface area contributed by atoms with Gasteiger partial charge in [0.25, 0.3) is 11.8 Å². The number of carbonyl (C=O) groups excluding carboxylic acids is 3. The minimum Gasteiger partial charge on any atom is -0.368 e. The molecule has 7 nitrogen and oxygen atoms in total. The van der Waals surface area contributed by atoms with Crippen LogP contribution in [-0.2, 0) is 9.63 Å². The lowest BCUT2D eigenvalue weighted by molar-refractivity contribution is -0.169. The van der Waals surface area contributed by atoms with E-state index in [0.717, 1.165) is 31.5 Å². The van der Waals surface area contributed by atoms with Crippen molar-refractivity contribution in [1.82, 2.24) is 10.0 Å². The van der Waals surface area contributed by atoms with Crippen molar-refractivity contribution in [2.24, 2.45) is 0 Å². The van der Waals surface area contributed by atoms with Crippen molar-refractivity contribution in [3.63, 3.8) is 0 Å². The van der Waals surface area contributed by atoms with E-state index in [1.807, 2.05) is 12.1 Å². The third-order valence-electron chi connectivity index (χ3n) is 4.97. The lowest BCUT2D eigenvalue weighted by Gasteiger charge is -2.37. The third kappa shape index (κ3) is 3.28. The molecule has 0 saturated carbocycles. The summed E-state index contributed by atoms with van der Waals surface area (Å²) in [5.41, 5.74) is 1.51. The average Bonchev–Trinajstić information content (AvgIpc) is 2.94. The van der Waals surface area contributed by atoms with Crippen LogP contribution in [-0.4, -0.2) is 40.4 Å². The van der Waals surface area contributed by atoms with Gasteiger partial charge in [0, 0.05) is 30.7 Å². The zero-order valence-electron chi connectivity index (χ0n) is 14.7. The number of aromatic nitrogens is 1. The SMILES string of the molecule is O=C(CC1CCCCN1c1ccncc1)ON1C(=O)c2ccccc2C1=O. The lowest BCUT2D eigenvalue weighted by atomic mass is 9.99. The molecule has 27 heavy (non-hydrogen) atoms. The maximum Gasteiger partial charge on any atom is 0.335 e. The monoisotopic (exact) mass is 365 g/mol. The molecule has 2 aliphatic rings. The van der Waals surface area contributed by atoms with Crippen molar-refractivity contribution in [2.75, 3.05) is 11.4 Å². The number of fused-ring (bicyclic) bond motifs is 1. The summed E-state index contributed by atoms with van der Waals surface area (Å²) in [5.74, 6) is -1.78. The number of imide groups is 1. The summed E-state index contributed by atoms with van der Waals surface area (Å²) in [6.45, 7) is 0.842. The predicted molar refractivity (Wildman–Crippen MR) is 96.9 cm³/mol. The van der Waals surface area contributed by atoms with Crippen LogP contribution in [0.4, 0.5) is 5.69 Å². The van der Waals surface area contributed by atoms with Crippen molar-refractivity contribution in [3.05, 3.63) is 59.9 Å². The van der Waals surface area contributed by atoms with Gasteiger partial charge in [-0.2, -0.15) is 0 Å². The fourth-order valence-corrected chi connectivity index (χ4v) is 3.67. The van der Waals surface area contributed by atoms with E-state index in [1.165, 1.54) is 0 Å². The fourth-order valence-electron chi connectivity index (χ4n) is 3.67. The molecule has 2 aliphatic heterocycles. The number of anilines is 1. The van der Waals surface area contributed by atoms with E-state index in [1.54, 1.807) is 36.7 Å². The highest BCUT2D eigenvalue weighted by atomic mass is 16.7. The predicted octanol–water partition coefficient (Wildman–Crippen LogP) is 2.59. The van der Waals surface area contributed by atoms with Crippen LogP contribution in [0.5, 0.6) is 0 Å². The highest BCUT2D eigenvalue weighted by Crippen LogP contribution is 2.27. The van der Waals surface area contributed by atoms with Gasteiger partial charge in [0.15, 0.2) is 0 Å². The molecule has 0 spiro atoms. The van der Waals surface area contributed by atoms with Gasteiger partial charge in [0.05, 0.1) is 17.5 Å². The second kappa shape index (κ2) is 7.19. The molecule has 1 saturated heterocycles. The number of piperidine rings is 1. The second-order valence-corrected chi connectivity index (χ2v) is 6.67.